The summed E-state index contributed by atoms with van der Waals surface area (Å²) in [6.07, 6.45) is 1.64. The molecule has 104 valence electrons. The maximum atomic E-state index is 11.3. The van der Waals surface area contributed by atoms with Crippen LogP contribution in [0.2, 0.25) is 0 Å². The lowest BCUT2D eigenvalue weighted by Gasteiger charge is -2.26. The molecule has 2 rings (SSSR count). The van der Waals surface area contributed by atoms with Gasteiger partial charge in [0, 0.05) is 49.4 Å². The van der Waals surface area contributed by atoms with E-state index in [0.29, 0.717) is 12.1 Å². The van der Waals surface area contributed by atoms with Crippen LogP contribution in [0.3, 0.4) is 0 Å². The molecule has 0 unspecified atom stereocenters. The number of rotatable bonds is 5. The van der Waals surface area contributed by atoms with Gasteiger partial charge < -0.3 is 9.67 Å². The van der Waals surface area contributed by atoms with Crippen LogP contribution in [0.25, 0.3) is 0 Å². The van der Waals surface area contributed by atoms with Crippen molar-refractivity contribution in [2.75, 3.05) is 31.1 Å². The molecule has 0 aromatic carbocycles. The van der Waals surface area contributed by atoms with Gasteiger partial charge in [0.05, 0.1) is 0 Å². The van der Waals surface area contributed by atoms with E-state index in [2.05, 4.69) is 4.90 Å². The van der Waals surface area contributed by atoms with Crippen molar-refractivity contribution in [3.63, 3.8) is 0 Å². The highest BCUT2D eigenvalue weighted by Gasteiger charge is 2.16. The SMILES string of the molecule is CC(=O)c1cc(C(=O)O)n(CCN2CCSCC2)c1. The minimum atomic E-state index is -0.985. The van der Waals surface area contributed by atoms with Crippen LogP contribution in [-0.2, 0) is 6.54 Å². The summed E-state index contributed by atoms with van der Waals surface area (Å²) in [5, 5.41) is 9.15. The molecule has 0 bridgehead atoms. The normalized spacial score (nSPS) is 16.5. The van der Waals surface area contributed by atoms with Gasteiger partial charge in [-0.3, -0.25) is 9.69 Å². The molecule has 0 saturated carbocycles. The maximum absolute atomic E-state index is 11.3. The molecule has 1 aliphatic heterocycles. The van der Waals surface area contributed by atoms with E-state index in [1.807, 2.05) is 11.8 Å². The van der Waals surface area contributed by atoms with E-state index >= 15 is 0 Å². The summed E-state index contributed by atoms with van der Waals surface area (Å²) in [7, 11) is 0. The second-order valence-electron chi connectivity index (χ2n) is 4.62. The molecule has 0 aliphatic carbocycles. The van der Waals surface area contributed by atoms with Crippen LogP contribution in [0.15, 0.2) is 12.3 Å². The van der Waals surface area contributed by atoms with Gasteiger partial charge in [0.1, 0.15) is 5.69 Å². The van der Waals surface area contributed by atoms with E-state index in [1.54, 1.807) is 10.8 Å². The molecule has 6 heteroatoms. The van der Waals surface area contributed by atoms with Crippen LogP contribution in [0.4, 0.5) is 0 Å². The van der Waals surface area contributed by atoms with Crippen molar-refractivity contribution in [2.24, 2.45) is 0 Å². The number of aromatic carboxylic acids is 1. The molecular formula is C13H18N2O3S. The summed E-state index contributed by atoms with van der Waals surface area (Å²) >= 11 is 1.95. The standard InChI is InChI=1S/C13H18N2O3S/c1-10(16)11-8-12(13(17)18)15(9-11)3-2-14-4-6-19-7-5-14/h8-9H,2-7H2,1H3,(H,17,18). The van der Waals surface area contributed by atoms with E-state index < -0.39 is 5.97 Å². The number of carbonyl (C=O) groups excluding carboxylic acids is 1. The Labute approximate surface area is 116 Å². The van der Waals surface area contributed by atoms with E-state index in [1.165, 1.54) is 13.0 Å². The zero-order chi connectivity index (χ0) is 13.8. The highest BCUT2D eigenvalue weighted by molar-refractivity contribution is 7.99. The zero-order valence-corrected chi connectivity index (χ0v) is 11.8. The predicted molar refractivity (Wildman–Crippen MR) is 75.2 cm³/mol. The largest absolute Gasteiger partial charge is 0.477 e. The third-order valence-corrected chi connectivity index (χ3v) is 4.23. The predicted octanol–water partition coefficient (Wildman–Crippen LogP) is 1.44. The summed E-state index contributed by atoms with van der Waals surface area (Å²) in [6, 6.07) is 1.46. The Morgan fingerprint density at radius 1 is 1.32 bits per heavy atom. The summed E-state index contributed by atoms with van der Waals surface area (Å²) in [5.41, 5.74) is 0.656. The number of ketones is 1. The Morgan fingerprint density at radius 2 is 2.00 bits per heavy atom. The third-order valence-electron chi connectivity index (χ3n) is 3.28. The van der Waals surface area contributed by atoms with Crippen molar-refractivity contribution in [3.8, 4) is 0 Å². The Bertz CT molecular complexity index is 478. The number of aromatic nitrogens is 1. The van der Waals surface area contributed by atoms with E-state index in [9.17, 15) is 9.59 Å². The summed E-state index contributed by atoms with van der Waals surface area (Å²) < 4.78 is 1.67. The number of nitrogens with zero attached hydrogens (tertiary/aromatic N) is 2. The van der Waals surface area contributed by atoms with Gasteiger partial charge >= 0.3 is 5.97 Å². The van der Waals surface area contributed by atoms with Gasteiger partial charge in [-0.1, -0.05) is 0 Å². The average molecular weight is 282 g/mol. The minimum Gasteiger partial charge on any atom is -0.477 e. The van der Waals surface area contributed by atoms with E-state index in [4.69, 9.17) is 5.11 Å². The monoisotopic (exact) mass is 282 g/mol. The number of hydrogen-bond acceptors (Lipinski definition) is 4. The number of carbonyl (C=O) groups is 2. The van der Waals surface area contributed by atoms with E-state index in [0.717, 1.165) is 31.1 Å². The van der Waals surface area contributed by atoms with Crippen molar-refractivity contribution in [1.82, 2.24) is 9.47 Å². The smallest absolute Gasteiger partial charge is 0.352 e. The number of Topliss-reactive ketones (excluding diaryl/α,β-unsaturated/α-hetero) is 1. The molecule has 1 aromatic rings. The van der Waals surface area contributed by atoms with Crippen LogP contribution in [0.5, 0.6) is 0 Å². The second-order valence-corrected chi connectivity index (χ2v) is 5.85. The molecule has 5 nitrogen and oxygen atoms in total. The molecule has 2 heterocycles. The Hall–Kier alpha value is -1.27. The molecule has 0 atom stereocenters. The molecule has 1 fully saturated rings. The fraction of sp³-hybridized carbons (Fsp3) is 0.538. The Morgan fingerprint density at radius 3 is 2.58 bits per heavy atom. The van der Waals surface area contributed by atoms with Crippen LogP contribution in [0, 0.1) is 0 Å². The molecule has 1 N–H and O–H groups in total. The number of carboxylic acids is 1. The third kappa shape index (κ3) is 3.61. The van der Waals surface area contributed by atoms with Crippen LogP contribution in [-0.4, -0.2) is 57.5 Å². The van der Waals surface area contributed by atoms with Crippen LogP contribution < -0.4 is 0 Å². The fourth-order valence-corrected chi connectivity index (χ4v) is 3.12. The summed E-state index contributed by atoms with van der Waals surface area (Å²) in [6.45, 7) is 4.99. The van der Waals surface area contributed by atoms with Crippen molar-refractivity contribution in [2.45, 2.75) is 13.5 Å². The molecule has 1 saturated heterocycles. The van der Waals surface area contributed by atoms with E-state index in [-0.39, 0.29) is 11.5 Å². The Kier molecular flexibility index (Phi) is 4.66. The quantitative estimate of drug-likeness (QED) is 0.828. The first-order valence-corrected chi connectivity index (χ1v) is 7.48. The number of hydrogen-bond donors (Lipinski definition) is 1. The lowest BCUT2D eigenvalue weighted by Crippen LogP contribution is -2.35. The first-order chi connectivity index (χ1) is 9.08. The van der Waals surface area contributed by atoms with Gasteiger partial charge in [0.2, 0.25) is 0 Å². The number of thioether (sulfide) groups is 1. The first kappa shape index (κ1) is 14.1. The Balaban J connectivity index is 2.05. The van der Waals surface area contributed by atoms with Gasteiger partial charge in [0.25, 0.3) is 0 Å². The fourth-order valence-electron chi connectivity index (χ4n) is 2.14. The topological polar surface area (TPSA) is 62.5 Å². The van der Waals surface area contributed by atoms with Crippen molar-refractivity contribution >= 4 is 23.5 Å². The van der Waals surface area contributed by atoms with Crippen LogP contribution >= 0.6 is 11.8 Å². The lowest BCUT2D eigenvalue weighted by atomic mass is 10.2. The molecule has 0 spiro atoms. The van der Waals surface area contributed by atoms with Gasteiger partial charge in [-0.15, -0.1) is 0 Å². The molecule has 0 radical (unpaired) electrons. The molecule has 1 aromatic heterocycles. The maximum Gasteiger partial charge on any atom is 0.352 e. The summed E-state index contributed by atoms with van der Waals surface area (Å²) in [4.78, 5) is 24.8. The average Bonchev–Trinajstić information content (AvgIpc) is 2.82. The molecule has 0 amide bonds. The van der Waals surface area contributed by atoms with Crippen LogP contribution in [0.1, 0.15) is 27.8 Å². The molecular weight excluding hydrogens is 264 g/mol. The van der Waals surface area contributed by atoms with Gasteiger partial charge in [0.15, 0.2) is 5.78 Å². The van der Waals surface area contributed by atoms with Crippen molar-refractivity contribution < 1.29 is 14.7 Å². The minimum absolute atomic E-state index is 0.101. The van der Waals surface area contributed by atoms with Gasteiger partial charge in [-0.05, 0) is 13.0 Å². The van der Waals surface area contributed by atoms with Crippen molar-refractivity contribution in [1.29, 1.82) is 0 Å². The number of carboxylic acid groups (broad SMARTS) is 1. The second kappa shape index (κ2) is 6.25. The molecule has 19 heavy (non-hydrogen) atoms. The highest BCUT2D eigenvalue weighted by atomic mass is 32.2. The first-order valence-electron chi connectivity index (χ1n) is 6.32. The highest BCUT2D eigenvalue weighted by Crippen LogP contribution is 2.12. The zero-order valence-electron chi connectivity index (χ0n) is 11.0. The van der Waals surface area contributed by atoms with Gasteiger partial charge in [-0.25, -0.2) is 4.79 Å². The van der Waals surface area contributed by atoms with Gasteiger partial charge in [-0.2, -0.15) is 11.8 Å². The molecule has 1 aliphatic rings. The lowest BCUT2D eigenvalue weighted by molar-refractivity contribution is 0.0684. The summed E-state index contributed by atoms with van der Waals surface area (Å²) in [5.74, 6) is 1.18. The van der Waals surface area contributed by atoms with Crippen molar-refractivity contribution in [3.05, 3.63) is 23.5 Å².